The fourth-order valence-electron chi connectivity index (χ4n) is 3.35. The molecule has 1 aliphatic heterocycles. The topological polar surface area (TPSA) is 57.2 Å². The van der Waals surface area contributed by atoms with E-state index < -0.39 is 11.7 Å². The zero-order chi connectivity index (χ0) is 22.4. The van der Waals surface area contributed by atoms with Gasteiger partial charge in [0.1, 0.15) is 11.7 Å². The molecule has 1 heterocycles. The number of nitrogens with zero attached hydrogens (tertiary/aromatic N) is 1. The Morgan fingerprint density at radius 2 is 1.94 bits per heavy atom. The van der Waals surface area contributed by atoms with Crippen LogP contribution in [-0.2, 0) is 9.47 Å². The molecule has 0 bridgehead atoms. The molecule has 3 rings (SSSR count). The standard InChI is InChI=1S/C24H30INO5/c1-5-28-19-11-6-7-12-20(19)30-22(17-9-8-10-18(25)15-17)21-16-26(13-14-29-21)23(27)31-24(2,3)4/h6-12,15,21-22H,5,13-14,16H2,1-4H3. The molecule has 0 N–H and O–H groups in total. The summed E-state index contributed by atoms with van der Waals surface area (Å²) in [6.07, 6.45) is -1.10. The molecule has 168 valence electrons. The fraction of sp³-hybridized carbons (Fsp3) is 0.458. The maximum absolute atomic E-state index is 12.7. The predicted molar refractivity (Wildman–Crippen MR) is 128 cm³/mol. The molecule has 1 fully saturated rings. The summed E-state index contributed by atoms with van der Waals surface area (Å²) in [5.41, 5.74) is 0.432. The summed E-state index contributed by atoms with van der Waals surface area (Å²) >= 11 is 2.28. The van der Waals surface area contributed by atoms with Gasteiger partial charge in [0.2, 0.25) is 0 Å². The van der Waals surface area contributed by atoms with Crippen molar-refractivity contribution in [1.29, 1.82) is 0 Å². The second kappa shape index (κ2) is 10.5. The number of amides is 1. The van der Waals surface area contributed by atoms with Crippen molar-refractivity contribution in [3.63, 3.8) is 0 Å². The third kappa shape index (κ3) is 6.74. The third-order valence-electron chi connectivity index (χ3n) is 4.66. The summed E-state index contributed by atoms with van der Waals surface area (Å²) in [5.74, 6) is 1.33. The third-order valence-corrected chi connectivity index (χ3v) is 5.33. The van der Waals surface area contributed by atoms with Crippen molar-refractivity contribution in [2.24, 2.45) is 0 Å². The summed E-state index contributed by atoms with van der Waals surface area (Å²) in [7, 11) is 0. The van der Waals surface area contributed by atoms with Crippen LogP contribution in [0.25, 0.3) is 0 Å². The van der Waals surface area contributed by atoms with Gasteiger partial charge in [0.05, 0.1) is 19.8 Å². The molecule has 0 aliphatic carbocycles. The van der Waals surface area contributed by atoms with Crippen LogP contribution in [0.5, 0.6) is 11.5 Å². The number of para-hydroxylation sites is 2. The van der Waals surface area contributed by atoms with Crippen molar-refractivity contribution in [3.8, 4) is 11.5 Å². The Labute approximate surface area is 197 Å². The Bertz CT molecular complexity index is 882. The summed E-state index contributed by atoms with van der Waals surface area (Å²) in [5, 5.41) is 0. The minimum Gasteiger partial charge on any atom is -0.490 e. The molecule has 0 saturated carbocycles. The first-order valence-electron chi connectivity index (χ1n) is 10.5. The second-order valence-corrected chi connectivity index (χ2v) is 9.55. The summed E-state index contributed by atoms with van der Waals surface area (Å²) < 4.78 is 25.0. The van der Waals surface area contributed by atoms with Gasteiger partial charge in [-0.3, -0.25) is 0 Å². The Hall–Kier alpha value is -2.00. The molecule has 2 atom stereocenters. The molecule has 2 aromatic rings. The monoisotopic (exact) mass is 539 g/mol. The Balaban J connectivity index is 1.87. The van der Waals surface area contributed by atoms with Gasteiger partial charge in [-0.15, -0.1) is 0 Å². The van der Waals surface area contributed by atoms with Gasteiger partial charge in [-0.05, 0) is 80.1 Å². The van der Waals surface area contributed by atoms with Crippen LogP contribution < -0.4 is 9.47 Å². The van der Waals surface area contributed by atoms with Crippen molar-refractivity contribution in [3.05, 3.63) is 57.7 Å². The number of carbonyl (C=O) groups is 1. The highest BCUT2D eigenvalue weighted by Crippen LogP contribution is 2.35. The van der Waals surface area contributed by atoms with E-state index in [1.54, 1.807) is 4.90 Å². The number of morpholine rings is 1. The molecule has 1 saturated heterocycles. The maximum Gasteiger partial charge on any atom is 0.410 e. The molecule has 7 heteroatoms. The lowest BCUT2D eigenvalue weighted by Gasteiger charge is -2.37. The number of hydrogen-bond acceptors (Lipinski definition) is 5. The molecule has 31 heavy (non-hydrogen) atoms. The predicted octanol–water partition coefficient (Wildman–Crippen LogP) is 5.45. The average Bonchev–Trinajstić information content (AvgIpc) is 2.72. The number of benzene rings is 2. The van der Waals surface area contributed by atoms with Crippen molar-refractivity contribution in [2.45, 2.75) is 45.5 Å². The largest absolute Gasteiger partial charge is 0.490 e. The van der Waals surface area contributed by atoms with Gasteiger partial charge in [-0.1, -0.05) is 24.3 Å². The number of rotatable bonds is 6. The number of hydrogen-bond donors (Lipinski definition) is 0. The molecular weight excluding hydrogens is 509 g/mol. The van der Waals surface area contributed by atoms with E-state index in [4.69, 9.17) is 18.9 Å². The summed E-state index contributed by atoms with van der Waals surface area (Å²) in [6.45, 7) is 9.36. The lowest BCUT2D eigenvalue weighted by Crippen LogP contribution is -2.50. The molecule has 1 amide bonds. The van der Waals surface area contributed by atoms with E-state index in [1.807, 2.05) is 70.2 Å². The van der Waals surface area contributed by atoms with Gasteiger partial charge >= 0.3 is 6.09 Å². The zero-order valence-electron chi connectivity index (χ0n) is 18.5. The van der Waals surface area contributed by atoms with E-state index in [0.29, 0.717) is 37.8 Å². The van der Waals surface area contributed by atoms with Gasteiger partial charge < -0.3 is 23.8 Å². The van der Waals surface area contributed by atoms with Crippen molar-refractivity contribution in [1.82, 2.24) is 4.90 Å². The van der Waals surface area contributed by atoms with Crippen LogP contribution in [0.15, 0.2) is 48.5 Å². The quantitative estimate of drug-likeness (QED) is 0.458. The van der Waals surface area contributed by atoms with Crippen molar-refractivity contribution < 1.29 is 23.7 Å². The highest BCUT2D eigenvalue weighted by Gasteiger charge is 2.35. The van der Waals surface area contributed by atoms with E-state index >= 15 is 0 Å². The molecule has 0 aromatic heterocycles. The number of halogens is 1. The number of carbonyl (C=O) groups excluding carboxylic acids is 1. The van der Waals surface area contributed by atoms with Crippen LogP contribution in [0.2, 0.25) is 0 Å². The highest BCUT2D eigenvalue weighted by molar-refractivity contribution is 14.1. The van der Waals surface area contributed by atoms with Crippen LogP contribution in [0, 0.1) is 3.57 Å². The average molecular weight is 539 g/mol. The lowest BCUT2D eigenvalue weighted by atomic mass is 10.0. The molecule has 6 nitrogen and oxygen atoms in total. The van der Waals surface area contributed by atoms with Crippen LogP contribution in [-0.4, -0.2) is 49.0 Å². The van der Waals surface area contributed by atoms with E-state index in [9.17, 15) is 4.79 Å². The van der Waals surface area contributed by atoms with Crippen LogP contribution in [0.3, 0.4) is 0 Å². The Morgan fingerprint density at radius 3 is 2.61 bits per heavy atom. The van der Waals surface area contributed by atoms with Crippen LogP contribution >= 0.6 is 22.6 Å². The van der Waals surface area contributed by atoms with Crippen molar-refractivity contribution in [2.75, 3.05) is 26.3 Å². The van der Waals surface area contributed by atoms with Crippen molar-refractivity contribution >= 4 is 28.7 Å². The highest BCUT2D eigenvalue weighted by atomic mass is 127. The van der Waals surface area contributed by atoms with E-state index in [2.05, 4.69) is 28.7 Å². The van der Waals surface area contributed by atoms with Crippen LogP contribution in [0.1, 0.15) is 39.4 Å². The van der Waals surface area contributed by atoms with Gasteiger partial charge in [-0.2, -0.15) is 0 Å². The van der Waals surface area contributed by atoms with E-state index in [0.717, 1.165) is 9.13 Å². The first-order chi connectivity index (χ1) is 14.8. The van der Waals surface area contributed by atoms with E-state index in [-0.39, 0.29) is 12.2 Å². The van der Waals surface area contributed by atoms with Gasteiger partial charge in [0.25, 0.3) is 0 Å². The smallest absolute Gasteiger partial charge is 0.410 e. The zero-order valence-corrected chi connectivity index (χ0v) is 20.6. The minimum absolute atomic E-state index is 0.336. The minimum atomic E-state index is -0.549. The lowest BCUT2D eigenvalue weighted by molar-refractivity contribution is -0.0840. The summed E-state index contributed by atoms with van der Waals surface area (Å²) in [4.78, 5) is 14.3. The van der Waals surface area contributed by atoms with Crippen LogP contribution in [0.4, 0.5) is 4.79 Å². The maximum atomic E-state index is 12.7. The van der Waals surface area contributed by atoms with Gasteiger partial charge in [-0.25, -0.2) is 4.79 Å². The molecule has 2 unspecified atom stereocenters. The molecule has 0 radical (unpaired) electrons. The second-order valence-electron chi connectivity index (χ2n) is 8.31. The Kier molecular flexibility index (Phi) is 8.05. The number of ether oxygens (including phenoxy) is 4. The summed E-state index contributed by atoms with van der Waals surface area (Å²) in [6, 6.07) is 15.7. The molecule has 2 aromatic carbocycles. The first-order valence-corrected chi connectivity index (χ1v) is 11.6. The fourth-order valence-corrected chi connectivity index (χ4v) is 3.92. The normalized spacial score (nSPS) is 17.7. The van der Waals surface area contributed by atoms with E-state index in [1.165, 1.54) is 0 Å². The first kappa shape index (κ1) is 23.7. The Morgan fingerprint density at radius 1 is 1.19 bits per heavy atom. The molecule has 0 spiro atoms. The van der Waals surface area contributed by atoms with Gasteiger partial charge in [0.15, 0.2) is 17.6 Å². The SMILES string of the molecule is CCOc1ccccc1OC(c1cccc(I)c1)C1CN(C(=O)OC(C)(C)C)CCO1. The molecule has 1 aliphatic rings. The molecular formula is C24H30INO5. The van der Waals surface area contributed by atoms with Gasteiger partial charge in [0, 0.05) is 10.1 Å².